The van der Waals surface area contributed by atoms with E-state index in [1.165, 1.54) is 10.1 Å². The lowest BCUT2D eigenvalue weighted by Crippen LogP contribution is -1.86. The van der Waals surface area contributed by atoms with Crippen LogP contribution in [0.25, 0.3) is 20.5 Å². The number of thiophene rings is 1. The van der Waals surface area contributed by atoms with Crippen LogP contribution in [0.5, 0.6) is 0 Å². The van der Waals surface area contributed by atoms with Crippen LogP contribution in [0.1, 0.15) is 0 Å². The molecule has 3 rings (SSSR count). The number of nitro benzene ring substituents is 1. The molecule has 0 N–H and O–H groups in total. The Morgan fingerprint density at radius 2 is 1.72 bits per heavy atom. The summed E-state index contributed by atoms with van der Waals surface area (Å²) in [5.74, 6) is 0. The monoisotopic (exact) mass is 255 g/mol. The molecule has 0 atom stereocenters. The number of nitrogens with zero attached hydrogens (tertiary/aromatic N) is 1. The van der Waals surface area contributed by atoms with Gasteiger partial charge in [-0.1, -0.05) is 18.2 Å². The number of fused-ring (bicyclic) bond motifs is 1. The Morgan fingerprint density at radius 1 is 1.00 bits per heavy atom. The fraction of sp³-hybridized carbons (Fsp3) is 0. The van der Waals surface area contributed by atoms with Crippen LogP contribution in [0.3, 0.4) is 0 Å². The maximum absolute atomic E-state index is 10.6. The molecule has 1 heterocycles. The van der Waals surface area contributed by atoms with E-state index in [0.717, 1.165) is 10.4 Å². The van der Waals surface area contributed by atoms with E-state index in [0.29, 0.717) is 0 Å². The second-order valence-electron chi connectivity index (χ2n) is 3.95. The Bertz CT molecular complexity index is 683. The van der Waals surface area contributed by atoms with Crippen molar-refractivity contribution < 1.29 is 4.92 Å². The molecule has 0 radical (unpaired) electrons. The number of nitro groups is 1. The molecule has 4 heteroatoms. The lowest BCUT2D eigenvalue weighted by atomic mass is 10.1. The van der Waals surface area contributed by atoms with Gasteiger partial charge in [0.2, 0.25) is 0 Å². The highest BCUT2D eigenvalue weighted by Crippen LogP contribution is 2.33. The van der Waals surface area contributed by atoms with Crippen molar-refractivity contribution in [3.8, 4) is 10.4 Å². The normalized spacial score (nSPS) is 10.7. The zero-order chi connectivity index (χ0) is 12.5. The Balaban J connectivity index is 2.06. The minimum atomic E-state index is -0.380. The summed E-state index contributed by atoms with van der Waals surface area (Å²) in [6.45, 7) is 0. The van der Waals surface area contributed by atoms with E-state index < -0.39 is 0 Å². The fourth-order valence-corrected chi connectivity index (χ4v) is 2.94. The molecule has 3 aromatic rings. The molecule has 0 unspecified atom stereocenters. The highest BCUT2D eigenvalue weighted by Gasteiger charge is 2.07. The average molecular weight is 255 g/mol. The molecule has 0 spiro atoms. The van der Waals surface area contributed by atoms with Crippen molar-refractivity contribution >= 4 is 27.1 Å². The molecule has 88 valence electrons. The molecule has 0 aliphatic carbocycles. The van der Waals surface area contributed by atoms with Gasteiger partial charge >= 0.3 is 0 Å². The zero-order valence-electron chi connectivity index (χ0n) is 9.37. The topological polar surface area (TPSA) is 43.1 Å². The standard InChI is InChI=1S/C14H9NO2S/c16-15(17)12-7-5-10(6-8-12)14-9-11-3-1-2-4-13(11)18-14/h1-9H. The lowest BCUT2D eigenvalue weighted by Gasteiger charge is -1.96. The van der Waals surface area contributed by atoms with Gasteiger partial charge in [0.15, 0.2) is 0 Å². The largest absolute Gasteiger partial charge is 0.269 e. The third-order valence-corrected chi connectivity index (χ3v) is 3.95. The van der Waals surface area contributed by atoms with Gasteiger partial charge in [0.05, 0.1) is 4.92 Å². The summed E-state index contributed by atoms with van der Waals surface area (Å²) >= 11 is 1.69. The van der Waals surface area contributed by atoms with Gasteiger partial charge in [0, 0.05) is 21.7 Å². The molecule has 0 saturated heterocycles. The third-order valence-electron chi connectivity index (χ3n) is 2.79. The second kappa shape index (κ2) is 4.23. The van der Waals surface area contributed by atoms with E-state index in [2.05, 4.69) is 18.2 Å². The van der Waals surface area contributed by atoms with Crippen molar-refractivity contribution in [1.29, 1.82) is 0 Å². The van der Waals surface area contributed by atoms with Gasteiger partial charge in [0.25, 0.3) is 5.69 Å². The molecule has 0 fully saturated rings. The maximum atomic E-state index is 10.6. The SMILES string of the molecule is O=[N+]([O-])c1ccc(-c2cc3ccccc3s2)cc1. The van der Waals surface area contributed by atoms with Crippen LogP contribution in [-0.2, 0) is 0 Å². The van der Waals surface area contributed by atoms with Gasteiger partial charge < -0.3 is 0 Å². The molecule has 0 bridgehead atoms. The summed E-state index contributed by atoms with van der Waals surface area (Å²) in [4.78, 5) is 11.3. The Kier molecular flexibility index (Phi) is 2.57. The first kappa shape index (κ1) is 10.9. The lowest BCUT2D eigenvalue weighted by molar-refractivity contribution is -0.384. The summed E-state index contributed by atoms with van der Waals surface area (Å²) in [5.41, 5.74) is 1.14. The highest BCUT2D eigenvalue weighted by atomic mass is 32.1. The zero-order valence-corrected chi connectivity index (χ0v) is 10.2. The van der Waals surface area contributed by atoms with Gasteiger partial charge in [-0.2, -0.15) is 0 Å². The molecule has 0 saturated carbocycles. The van der Waals surface area contributed by atoms with Crippen molar-refractivity contribution in [3.05, 3.63) is 64.7 Å². The predicted octanol–water partition coefficient (Wildman–Crippen LogP) is 4.48. The van der Waals surface area contributed by atoms with Crippen molar-refractivity contribution in [2.24, 2.45) is 0 Å². The van der Waals surface area contributed by atoms with Gasteiger partial charge in [0.1, 0.15) is 0 Å². The van der Waals surface area contributed by atoms with Crippen LogP contribution >= 0.6 is 11.3 Å². The predicted molar refractivity (Wildman–Crippen MR) is 73.9 cm³/mol. The quantitative estimate of drug-likeness (QED) is 0.500. The average Bonchev–Trinajstić information content (AvgIpc) is 2.82. The van der Waals surface area contributed by atoms with Gasteiger partial charge in [-0.15, -0.1) is 11.3 Å². The smallest absolute Gasteiger partial charge is 0.258 e. The van der Waals surface area contributed by atoms with E-state index in [9.17, 15) is 10.1 Å². The highest BCUT2D eigenvalue weighted by molar-refractivity contribution is 7.22. The number of hydrogen-bond donors (Lipinski definition) is 0. The van der Waals surface area contributed by atoms with Crippen LogP contribution in [0, 0.1) is 10.1 Å². The molecule has 0 amide bonds. The molecule has 2 aromatic carbocycles. The maximum Gasteiger partial charge on any atom is 0.269 e. The summed E-state index contributed by atoms with van der Waals surface area (Å²) in [7, 11) is 0. The Morgan fingerprint density at radius 3 is 2.39 bits per heavy atom. The van der Waals surface area contributed by atoms with Crippen molar-refractivity contribution in [2.45, 2.75) is 0 Å². The van der Waals surface area contributed by atoms with E-state index in [4.69, 9.17) is 0 Å². The number of hydrogen-bond acceptors (Lipinski definition) is 3. The summed E-state index contributed by atoms with van der Waals surface area (Å²) in [6, 6.07) is 17.0. The number of rotatable bonds is 2. The molecule has 18 heavy (non-hydrogen) atoms. The summed E-state index contributed by atoms with van der Waals surface area (Å²) in [6.07, 6.45) is 0. The first-order valence-corrected chi connectivity index (χ1v) is 6.29. The fourth-order valence-electron chi connectivity index (χ4n) is 1.87. The first-order chi connectivity index (χ1) is 8.74. The molecule has 3 nitrogen and oxygen atoms in total. The van der Waals surface area contributed by atoms with Crippen LogP contribution in [0.2, 0.25) is 0 Å². The summed E-state index contributed by atoms with van der Waals surface area (Å²) < 4.78 is 1.23. The second-order valence-corrected chi connectivity index (χ2v) is 5.04. The van der Waals surface area contributed by atoms with Crippen LogP contribution in [0.15, 0.2) is 54.6 Å². The van der Waals surface area contributed by atoms with E-state index in [1.54, 1.807) is 35.6 Å². The van der Waals surface area contributed by atoms with Crippen molar-refractivity contribution in [1.82, 2.24) is 0 Å². The van der Waals surface area contributed by atoms with E-state index in [1.807, 2.05) is 12.1 Å². The van der Waals surface area contributed by atoms with Crippen LogP contribution in [0.4, 0.5) is 5.69 Å². The van der Waals surface area contributed by atoms with Gasteiger partial charge in [-0.25, -0.2) is 0 Å². The minimum absolute atomic E-state index is 0.125. The van der Waals surface area contributed by atoms with Gasteiger partial charge in [-0.3, -0.25) is 10.1 Å². The molecule has 1 aromatic heterocycles. The van der Waals surface area contributed by atoms with Crippen molar-refractivity contribution in [2.75, 3.05) is 0 Å². The van der Waals surface area contributed by atoms with E-state index >= 15 is 0 Å². The third kappa shape index (κ3) is 1.87. The van der Waals surface area contributed by atoms with Crippen LogP contribution < -0.4 is 0 Å². The van der Waals surface area contributed by atoms with E-state index in [-0.39, 0.29) is 10.6 Å². The molecular formula is C14H9NO2S. The van der Waals surface area contributed by atoms with Crippen molar-refractivity contribution in [3.63, 3.8) is 0 Å². The number of benzene rings is 2. The van der Waals surface area contributed by atoms with Crippen LogP contribution in [-0.4, -0.2) is 4.92 Å². The molecule has 0 aliphatic heterocycles. The Labute approximate surface area is 107 Å². The molecule has 0 aliphatic rings. The number of non-ortho nitro benzene ring substituents is 1. The molecular weight excluding hydrogens is 246 g/mol. The Hall–Kier alpha value is -2.20. The van der Waals surface area contributed by atoms with Gasteiger partial charge in [-0.05, 0) is 35.2 Å². The minimum Gasteiger partial charge on any atom is -0.258 e. The first-order valence-electron chi connectivity index (χ1n) is 5.47. The summed E-state index contributed by atoms with van der Waals surface area (Å²) in [5, 5.41) is 11.8.